The minimum atomic E-state index is -0.669. The number of hydrogen-bond donors (Lipinski definition) is 1. The Morgan fingerprint density at radius 1 is 1.09 bits per heavy atom. The Hall–Kier alpha value is -1.76. The highest BCUT2D eigenvalue weighted by Crippen LogP contribution is 2.29. The maximum atomic E-state index is 13.3. The molecule has 0 bridgehead atoms. The van der Waals surface area contributed by atoms with Crippen molar-refractivity contribution in [2.75, 3.05) is 6.61 Å². The third kappa shape index (κ3) is 7.12. The van der Waals surface area contributed by atoms with Crippen molar-refractivity contribution in [3.05, 3.63) is 62.0 Å². The highest BCUT2D eigenvalue weighted by molar-refractivity contribution is 9.10. The van der Waals surface area contributed by atoms with Crippen molar-refractivity contribution in [3.8, 4) is 5.75 Å². The van der Waals surface area contributed by atoms with Crippen molar-refractivity contribution < 1.29 is 14.3 Å². The highest BCUT2D eigenvalue weighted by atomic mass is 79.9. The van der Waals surface area contributed by atoms with Crippen LogP contribution < -0.4 is 10.1 Å². The van der Waals surface area contributed by atoms with Gasteiger partial charge in [-0.1, -0.05) is 62.0 Å². The standard InChI is InChI=1S/C26H31BrCl2N2O3/c1-16(2)19-9-11-24(21(27)13-19)34-15-25(32)31(14-18-8-10-22(28)23(29)12-18)17(3)26(33)30-20-6-4-5-7-20/h8-13,16-17,20H,4-7,14-15H2,1-3H3,(H,30,33). The molecule has 34 heavy (non-hydrogen) atoms. The van der Waals surface area contributed by atoms with Gasteiger partial charge in [0.2, 0.25) is 5.91 Å². The molecular weight excluding hydrogens is 539 g/mol. The molecule has 1 N–H and O–H groups in total. The highest BCUT2D eigenvalue weighted by Gasteiger charge is 2.29. The van der Waals surface area contributed by atoms with Crippen LogP contribution in [0, 0.1) is 0 Å². The van der Waals surface area contributed by atoms with Crippen molar-refractivity contribution in [2.45, 2.75) is 71.0 Å². The van der Waals surface area contributed by atoms with E-state index in [0.717, 1.165) is 35.7 Å². The Kier molecular flexibility index (Phi) is 9.69. The van der Waals surface area contributed by atoms with Crippen molar-refractivity contribution in [1.82, 2.24) is 10.2 Å². The second-order valence-corrected chi connectivity index (χ2v) is 10.7. The van der Waals surface area contributed by atoms with E-state index in [-0.39, 0.29) is 31.0 Å². The second kappa shape index (κ2) is 12.3. The van der Waals surface area contributed by atoms with Crippen LogP contribution in [0.4, 0.5) is 0 Å². The van der Waals surface area contributed by atoms with Gasteiger partial charge < -0.3 is 15.0 Å². The van der Waals surface area contributed by atoms with Crippen LogP contribution in [0.1, 0.15) is 63.5 Å². The number of amides is 2. The minimum absolute atomic E-state index is 0.164. The van der Waals surface area contributed by atoms with E-state index in [2.05, 4.69) is 35.1 Å². The predicted molar refractivity (Wildman–Crippen MR) is 141 cm³/mol. The first-order valence-electron chi connectivity index (χ1n) is 11.6. The van der Waals surface area contributed by atoms with E-state index in [9.17, 15) is 9.59 Å². The number of ether oxygens (including phenoxy) is 1. The number of rotatable bonds is 9. The monoisotopic (exact) mass is 568 g/mol. The van der Waals surface area contributed by atoms with Gasteiger partial charge in [-0.05, 0) is 77.0 Å². The first kappa shape index (κ1) is 26.8. The number of carbonyl (C=O) groups excluding carboxylic acids is 2. The molecule has 0 spiro atoms. The van der Waals surface area contributed by atoms with Gasteiger partial charge in [0.05, 0.1) is 14.5 Å². The molecule has 2 amide bonds. The largest absolute Gasteiger partial charge is 0.483 e. The second-order valence-electron chi connectivity index (χ2n) is 9.07. The Morgan fingerprint density at radius 2 is 1.79 bits per heavy atom. The molecule has 1 aliphatic carbocycles. The maximum Gasteiger partial charge on any atom is 0.261 e. The summed E-state index contributed by atoms with van der Waals surface area (Å²) in [4.78, 5) is 27.8. The average Bonchev–Trinajstić information content (AvgIpc) is 3.31. The zero-order valence-electron chi connectivity index (χ0n) is 19.7. The van der Waals surface area contributed by atoms with Gasteiger partial charge >= 0.3 is 0 Å². The van der Waals surface area contributed by atoms with Crippen LogP contribution in [0.3, 0.4) is 0 Å². The summed E-state index contributed by atoms with van der Waals surface area (Å²) >= 11 is 15.8. The molecule has 1 saturated carbocycles. The van der Waals surface area contributed by atoms with Gasteiger partial charge in [0, 0.05) is 12.6 Å². The summed E-state index contributed by atoms with van der Waals surface area (Å²) in [5.74, 6) is 0.506. The van der Waals surface area contributed by atoms with Gasteiger partial charge in [-0.25, -0.2) is 0 Å². The molecule has 0 saturated heterocycles. The van der Waals surface area contributed by atoms with Crippen LogP contribution in [0.2, 0.25) is 10.0 Å². The van der Waals surface area contributed by atoms with Gasteiger partial charge in [0.1, 0.15) is 11.8 Å². The van der Waals surface area contributed by atoms with E-state index in [4.69, 9.17) is 27.9 Å². The lowest BCUT2D eigenvalue weighted by molar-refractivity contribution is -0.142. The van der Waals surface area contributed by atoms with Gasteiger partial charge in [0.15, 0.2) is 6.61 Å². The van der Waals surface area contributed by atoms with E-state index in [1.165, 1.54) is 10.5 Å². The normalized spacial score (nSPS) is 14.8. The van der Waals surface area contributed by atoms with Crippen LogP contribution in [0.15, 0.2) is 40.9 Å². The summed E-state index contributed by atoms with van der Waals surface area (Å²) in [5.41, 5.74) is 1.95. The first-order chi connectivity index (χ1) is 16.2. The molecule has 8 heteroatoms. The Balaban J connectivity index is 1.75. The van der Waals surface area contributed by atoms with Gasteiger partial charge in [-0.15, -0.1) is 0 Å². The summed E-state index contributed by atoms with van der Waals surface area (Å²) in [6.07, 6.45) is 4.18. The maximum absolute atomic E-state index is 13.3. The van der Waals surface area contributed by atoms with Crippen molar-refractivity contribution >= 4 is 50.9 Å². The predicted octanol–water partition coefficient (Wildman–Crippen LogP) is 6.73. The molecule has 0 radical (unpaired) electrons. The number of halogens is 3. The smallest absolute Gasteiger partial charge is 0.261 e. The lowest BCUT2D eigenvalue weighted by atomic mass is 10.0. The fourth-order valence-corrected chi connectivity index (χ4v) is 4.86. The average molecular weight is 570 g/mol. The van der Waals surface area contributed by atoms with Crippen molar-refractivity contribution in [3.63, 3.8) is 0 Å². The van der Waals surface area contributed by atoms with E-state index >= 15 is 0 Å². The Labute approximate surface area is 220 Å². The van der Waals surface area contributed by atoms with Gasteiger partial charge in [-0.3, -0.25) is 9.59 Å². The molecule has 2 aromatic rings. The number of carbonyl (C=O) groups is 2. The van der Waals surface area contributed by atoms with E-state index in [1.54, 1.807) is 25.1 Å². The Morgan fingerprint density at radius 3 is 2.41 bits per heavy atom. The van der Waals surface area contributed by atoms with Crippen LogP contribution in [-0.2, 0) is 16.1 Å². The molecule has 1 unspecified atom stereocenters. The van der Waals surface area contributed by atoms with Crippen molar-refractivity contribution in [1.29, 1.82) is 0 Å². The quantitative estimate of drug-likeness (QED) is 0.364. The third-order valence-electron chi connectivity index (χ3n) is 6.18. The molecule has 0 aromatic heterocycles. The lowest BCUT2D eigenvalue weighted by Crippen LogP contribution is -2.50. The summed E-state index contributed by atoms with van der Waals surface area (Å²) in [6.45, 7) is 6.00. The molecule has 1 atom stereocenters. The van der Waals surface area contributed by atoms with Crippen LogP contribution in [0.25, 0.3) is 0 Å². The lowest BCUT2D eigenvalue weighted by Gasteiger charge is -2.30. The van der Waals surface area contributed by atoms with Gasteiger partial charge in [-0.2, -0.15) is 0 Å². The molecule has 2 aromatic carbocycles. The molecule has 1 aliphatic rings. The number of hydrogen-bond acceptors (Lipinski definition) is 3. The van der Waals surface area contributed by atoms with Crippen LogP contribution >= 0.6 is 39.1 Å². The molecule has 184 valence electrons. The molecular formula is C26H31BrCl2N2O3. The van der Waals surface area contributed by atoms with Crippen LogP contribution in [0.5, 0.6) is 5.75 Å². The van der Waals surface area contributed by atoms with Crippen molar-refractivity contribution in [2.24, 2.45) is 0 Å². The number of benzene rings is 2. The zero-order chi connectivity index (χ0) is 24.8. The fourth-order valence-electron chi connectivity index (χ4n) is 4.02. The topological polar surface area (TPSA) is 58.6 Å². The van der Waals surface area contributed by atoms with E-state index in [1.807, 2.05) is 18.2 Å². The number of nitrogens with zero attached hydrogens (tertiary/aromatic N) is 1. The molecule has 0 heterocycles. The minimum Gasteiger partial charge on any atom is -0.483 e. The SMILES string of the molecule is CC(C)c1ccc(OCC(=O)N(Cc2ccc(Cl)c(Cl)c2)C(C)C(=O)NC2CCCC2)c(Br)c1. The summed E-state index contributed by atoms with van der Waals surface area (Å²) < 4.78 is 6.63. The van der Waals surface area contributed by atoms with E-state index in [0.29, 0.717) is 21.7 Å². The Bertz CT molecular complexity index is 1030. The summed E-state index contributed by atoms with van der Waals surface area (Å²) in [5, 5.41) is 3.93. The molecule has 1 fully saturated rings. The summed E-state index contributed by atoms with van der Waals surface area (Å²) in [6, 6.07) is 10.5. The third-order valence-corrected chi connectivity index (χ3v) is 7.54. The number of nitrogens with one attached hydrogen (secondary N) is 1. The molecule has 0 aliphatic heterocycles. The van der Waals surface area contributed by atoms with Gasteiger partial charge in [0.25, 0.3) is 5.91 Å². The van der Waals surface area contributed by atoms with E-state index < -0.39 is 6.04 Å². The zero-order valence-corrected chi connectivity index (χ0v) is 22.8. The first-order valence-corrected chi connectivity index (χ1v) is 13.2. The molecule has 5 nitrogen and oxygen atoms in total. The fraction of sp³-hybridized carbons (Fsp3) is 0.462. The van der Waals surface area contributed by atoms with Crippen LogP contribution in [-0.4, -0.2) is 35.4 Å². The molecule has 3 rings (SSSR count). The summed E-state index contributed by atoms with van der Waals surface area (Å²) in [7, 11) is 0.